The minimum atomic E-state index is -4.52. The molecule has 3 rings (SSSR count). The van der Waals surface area contributed by atoms with E-state index in [2.05, 4.69) is 9.97 Å². The first-order chi connectivity index (χ1) is 16.0. The van der Waals surface area contributed by atoms with E-state index >= 15 is 0 Å². The number of amides is 1. The van der Waals surface area contributed by atoms with Gasteiger partial charge in [0.05, 0.1) is 10.6 Å². The van der Waals surface area contributed by atoms with Crippen molar-refractivity contribution >= 4 is 17.5 Å². The Bertz CT molecular complexity index is 1090. The maximum Gasteiger partial charge on any atom is 0.417 e. The first-order valence-corrected chi connectivity index (χ1v) is 11.0. The van der Waals surface area contributed by atoms with Crippen LogP contribution in [0.1, 0.15) is 43.0 Å². The molecule has 1 aromatic carbocycles. The van der Waals surface area contributed by atoms with Crippen molar-refractivity contribution in [3.63, 3.8) is 0 Å². The highest BCUT2D eigenvalue weighted by Gasteiger charge is 2.38. The van der Waals surface area contributed by atoms with E-state index in [0.717, 1.165) is 23.4 Å². The molecule has 0 aliphatic carbocycles. The van der Waals surface area contributed by atoms with Crippen LogP contribution in [-0.4, -0.2) is 21.5 Å². The van der Waals surface area contributed by atoms with E-state index in [1.165, 1.54) is 6.92 Å². The van der Waals surface area contributed by atoms with E-state index in [0.29, 0.717) is 17.6 Å². The molecule has 0 aliphatic heterocycles. The summed E-state index contributed by atoms with van der Waals surface area (Å²) < 4.78 is 44.3. The van der Waals surface area contributed by atoms with E-state index in [1.807, 2.05) is 43.3 Å². The lowest BCUT2D eigenvalue weighted by Gasteiger charge is -2.33. The Morgan fingerprint density at radius 2 is 1.76 bits per heavy atom. The van der Waals surface area contributed by atoms with Gasteiger partial charge in [-0.2, -0.15) is 13.2 Å². The highest BCUT2D eigenvalue weighted by atomic mass is 35.5. The third-order valence-corrected chi connectivity index (χ3v) is 5.98. The molecule has 9 heteroatoms. The lowest BCUT2D eigenvalue weighted by atomic mass is 9.78. The van der Waals surface area contributed by atoms with E-state index in [-0.39, 0.29) is 24.1 Å². The smallest absolute Gasteiger partial charge is 0.417 e. The van der Waals surface area contributed by atoms with Gasteiger partial charge in [-0.25, -0.2) is 4.98 Å². The van der Waals surface area contributed by atoms with Gasteiger partial charge in [0.25, 0.3) is 5.91 Å². The maximum atomic E-state index is 12.8. The summed E-state index contributed by atoms with van der Waals surface area (Å²) >= 11 is 5.96. The number of pyridine rings is 2. The molecule has 0 saturated heterocycles. The highest BCUT2D eigenvalue weighted by Crippen LogP contribution is 2.36. The van der Waals surface area contributed by atoms with Gasteiger partial charge in [-0.15, -0.1) is 0 Å². The number of nitrogens with zero attached hydrogens (tertiary/aromatic N) is 2. The summed E-state index contributed by atoms with van der Waals surface area (Å²) in [7, 11) is 0. The summed E-state index contributed by atoms with van der Waals surface area (Å²) in [5.74, 6) is -1.01. The number of rotatable bonds is 9. The monoisotopic (exact) mass is 491 g/mol. The molecular formula is C25H25ClF3N3O2. The molecule has 3 unspecified atom stereocenters. The summed E-state index contributed by atoms with van der Waals surface area (Å²) in [6.45, 7) is 3.49. The molecule has 34 heavy (non-hydrogen) atoms. The van der Waals surface area contributed by atoms with Crippen molar-refractivity contribution in [1.29, 1.82) is 0 Å². The van der Waals surface area contributed by atoms with E-state index in [9.17, 15) is 18.0 Å². The average molecular weight is 492 g/mol. The number of nitrogens with two attached hydrogens (primary N) is 1. The fourth-order valence-electron chi connectivity index (χ4n) is 3.89. The topological polar surface area (TPSA) is 78.1 Å². The Morgan fingerprint density at radius 3 is 2.29 bits per heavy atom. The summed E-state index contributed by atoms with van der Waals surface area (Å²) in [4.78, 5) is 20.5. The van der Waals surface area contributed by atoms with Crippen LogP contribution in [0.5, 0.6) is 5.88 Å². The largest absolute Gasteiger partial charge is 0.461 e. The molecule has 2 aromatic heterocycles. The van der Waals surface area contributed by atoms with E-state index < -0.39 is 23.2 Å². The fraction of sp³-hybridized carbons (Fsp3) is 0.320. The van der Waals surface area contributed by atoms with Crippen LogP contribution in [0.4, 0.5) is 13.2 Å². The molecule has 2 heterocycles. The standard InChI is InChI=1S/C25H25ClF3N3O2/c1-16(21(17-6-4-3-5-7-17)12-20-10-9-19(26)15-31-20)13-24(2,23(30)33)34-22-11-8-18(14-32-22)25(27,28)29/h3-11,14-16,21H,12-13H2,1-2H3,(H2,30,33). The number of carbonyl (C=O) groups excluding carboxylic acids is 1. The Labute approximate surface area is 201 Å². The normalized spacial score (nSPS) is 15.2. The first kappa shape index (κ1) is 25.5. The molecule has 0 spiro atoms. The molecule has 2 N–H and O–H groups in total. The molecule has 3 aromatic rings. The molecule has 0 radical (unpaired) electrons. The van der Waals surface area contributed by atoms with Gasteiger partial charge >= 0.3 is 6.18 Å². The molecule has 0 bridgehead atoms. The molecular weight excluding hydrogens is 467 g/mol. The van der Waals surface area contributed by atoms with Crippen LogP contribution in [0.2, 0.25) is 5.02 Å². The zero-order valence-electron chi connectivity index (χ0n) is 18.7. The number of benzene rings is 1. The quantitative estimate of drug-likeness (QED) is 0.409. The van der Waals surface area contributed by atoms with Crippen molar-refractivity contribution in [3.05, 3.63) is 88.8 Å². The maximum absolute atomic E-state index is 12.8. The van der Waals surface area contributed by atoms with Gasteiger partial charge in [-0.3, -0.25) is 9.78 Å². The van der Waals surface area contributed by atoms with Gasteiger partial charge < -0.3 is 10.5 Å². The van der Waals surface area contributed by atoms with Gasteiger partial charge in [0.15, 0.2) is 5.60 Å². The Morgan fingerprint density at radius 1 is 1.06 bits per heavy atom. The van der Waals surface area contributed by atoms with E-state index in [4.69, 9.17) is 22.1 Å². The molecule has 1 amide bonds. The van der Waals surface area contributed by atoms with Gasteiger partial charge in [-0.1, -0.05) is 48.9 Å². The van der Waals surface area contributed by atoms with Crippen molar-refractivity contribution in [2.24, 2.45) is 11.7 Å². The summed E-state index contributed by atoms with van der Waals surface area (Å²) in [5, 5.41) is 0.534. The van der Waals surface area contributed by atoms with Crippen LogP contribution in [0, 0.1) is 5.92 Å². The predicted octanol–water partition coefficient (Wildman–Crippen LogP) is 5.82. The second-order valence-electron chi connectivity index (χ2n) is 8.45. The number of halogens is 4. The Balaban J connectivity index is 1.84. The fourth-order valence-corrected chi connectivity index (χ4v) is 4.00. The number of ether oxygens (including phenoxy) is 1. The van der Waals surface area contributed by atoms with Crippen molar-refractivity contribution < 1.29 is 22.7 Å². The van der Waals surface area contributed by atoms with Gasteiger partial charge in [0.2, 0.25) is 5.88 Å². The van der Waals surface area contributed by atoms with Crippen LogP contribution < -0.4 is 10.5 Å². The van der Waals surface area contributed by atoms with Crippen molar-refractivity contribution in [2.75, 3.05) is 0 Å². The number of hydrogen-bond acceptors (Lipinski definition) is 4. The summed E-state index contributed by atoms with van der Waals surface area (Å²) in [6.07, 6.45) is -1.49. The van der Waals surface area contributed by atoms with Crippen molar-refractivity contribution in [2.45, 2.75) is 44.4 Å². The number of carbonyl (C=O) groups is 1. The minimum absolute atomic E-state index is 0.0438. The second kappa shape index (κ2) is 10.4. The highest BCUT2D eigenvalue weighted by molar-refractivity contribution is 6.30. The molecule has 5 nitrogen and oxygen atoms in total. The second-order valence-corrected chi connectivity index (χ2v) is 8.89. The predicted molar refractivity (Wildman–Crippen MR) is 123 cm³/mol. The molecule has 0 aliphatic rings. The van der Waals surface area contributed by atoms with Gasteiger partial charge in [0.1, 0.15) is 0 Å². The third-order valence-electron chi connectivity index (χ3n) is 5.76. The SMILES string of the molecule is CC(CC(C)(Oc1ccc(C(F)(F)F)cn1)C(N)=O)C(Cc1ccc(Cl)cn1)c1ccccc1. The van der Waals surface area contributed by atoms with Crippen LogP contribution >= 0.6 is 11.6 Å². The average Bonchev–Trinajstić information content (AvgIpc) is 2.78. The van der Waals surface area contributed by atoms with Crippen LogP contribution in [0.3, 0.4) is 0 Å². The zero-order chi connectivity index (χ0) is 24.9. The van der Waals surface area contributed by atoms with Gasteiger partial charge in [-0.05, 0) is 55.4 Å². The number of alkyl halides is 3. The summed E-state index contributed by atoms with van der Waals surface area (Å²) in [5.41, 5.74) is 5.15. The third kappa shape index (κ3) is 6.47. The van der Waals surface area contributed by atoms with Crippen molar-refractivity contribution in [1.82, 2.24) is 9.97 Å². The van der Waals surface area contributed by atoms with E-state index in [1.54, 1.807) is 12.3 Å². The number of primary amides is 1. The Hall–Kier alpha value is -3.13. The van der Waals surface area contributed by atoms with Crippen LogP contribution in [0.25, 0.3) is 0 Å². The number of hydrogen-bond donors (Lipinski definition) is 1. The van der Waals surface area contributed by atoms with Crippen LogP contribution in [0.15, 0.2) is 67.0 Å². The Kier molecular flexibility index (Phi) is 7.82. The molecule has 180 valence electrons. The lowest BCUT2D eigenvalue weighted by molar-refractivity contribution is -0.138. The zero-order valence-corrected chi connectivity index (χ0v) is 19.5. The van der Waals surface area contributed by atoms with Crippen LogP contribution in [-0.2, 0) is 17.4 Å². The molecule has 0 fully saturated rings. The molecule has 3 atom stereocenters. The first-order valence-electron chi connectivity index (χ1n) is 10.7. The lowest BCUT2D eigenvalue weighted by Crippen LogP contribution is -2.48. The summed E-state index contributed by atoms with van der Waals surface area (Å²) in [6, 6.07) is 15.3. The van der Waals surface area contributed by atoms with Crippen molar-refractivity contribution in [3.8, 4) is 5.88 Å². The minimum Gasteiger partial charge on any atom is -0.461 e. The van der Waals surface area contributed by atoms with Gasteiger partial charge in [0, 0.05) is 24.2 Å². The number of aromatic nitrogens is 2. The molecule has 0 saturated carbocycles.